The van der Waals surface area contributed by atoms with Crippen LogP contribution >= 0.6 is 23.2 Å². The third-order valence-corrected chi connectivity index (χ3v) is 4.65. The molecule has 0 aliphatic heterocycles. The maximum atomic E-state index is 14.1. The number of alkyl halides is 3. The lowest BCUT2D eigenvalue weighted by atomic mass is 10.0. The lowest BCUT2D eigenvalue weighted by molar-refractivity contribution is -0.142. The number of rotatable bonds is 4. The molecule has 10 heteroatoms. The molecule has 0 fully saturated rings. The van der Waals surface area contributed by atoms with E-state index in [0.717, 1.165) is 7.05 Å². The highest BCUT2D eigenvalue weighted by atomic mass is 35.5. The van der Waals surface area contributed by atoms with Crippen LogP contribution in [0, 0.1) is 5.95 Å². The highest BCUT2D eigenvalue weighted by molar-refractivity contribution is 6.36. The first-order valence-electron chi connectivity index (χ1n) is 8.20. The molecule has 0 spiro atoms. The number of aryl methyl sites for hydroxylation is 1. The van der Waals surface area contributed by atoms with Gasteiger partial charge in [0.25, 0.3) is 0 Å². The number of anilines is 1. The first kappa shape index (κ1) is 21.1. The number of carbonyl (C=O) groups excluding carboxylic acids is 1. The topological polar surface area (TPSA) is 46.9 Å². The molecule has 0 unspecified atom stereocenters. The Kier molecular flexibility index (Phi) is 5.86. The summed E-state index contributed by atoms with van der Waals surface area (Å²) in [5, 5.41) is 6.40. The number of nitrogens with one attached hydrogen (secondary N) is 1. The summed E-state index contributed by atoms with van der Waals surface area (Å²) in [4.78, 5) is 12.4. The first-order valence-corrected chi connectivity index (χ1v) is 8.96. The Morgan fingerprint density at radius 1 is 1.14 bits per heavy atom. The molecule has 0 radical (unpaired) electrons. The molecule has 3 aromatic rings. The number of para-hydroxylation sites is 1. The van der Waals surface area contributed by atoms with E-state index in [0.29, 0.717) is 31.5 Å². The standard InChI is InChI=1S/C19H13Cl2F4N3O/c1-28-18(22)13(17(27-28)19(23,24)25)9-16(29)26-15-5-3-2-4-12(15)11-7-6-10(20)8-14(11)21/h2-8H,9H2,1H3,(H,26,29). The molecule has 3 rings (SSSR count). The number of aromatic nitrogens is 2. The van der Waals surface area contributed by atoms with Crippen molar-refractivity contribution in [3.63, 3.8) is 0 Å². The number of hydrogen-bond donors (Lipinski definition) is 1. The predicted octanol–water partition coefficient (Wildman–Crippen LogP) is 5.73. The second-order valence-corrected chi connectivity index (χ2v) is 6.98. The van der Waals surface area contributed by atoms with Crippen LogP contribution in [-0.4, -0.2) is 15.7 Å². The molecular weight excluding hydrogens is 433 g/mol. The first-order chi connectivity index (χ1) is 13.6. The smallest absolute Gasteiger partial charge is 0.325 e. The quantitative estimate of drug-likeness (QED) is 0.521. The molecular formula is C19H13Cl2F4N3O. The lowest BCUT2D eigenvalue weighted by Gasteiger charge is -2.13. The third kappa shape index (κ3) is 4.54. The Hall–Kier alpha value is -2.58. The molecule has 1 aromatic heterocycles. The summed E-state index contributed by atoms with van der Waals surface area (Å²) in [6.07, 6.45) is -5.72. The number of amides is 1. The summed E-state index contributed by atoms with van der Waals surface area (Å²) in [5.41, 5.74) is -0.846. The number of benzene rings is 2. The monoisotopic (exact) mass is 445 g/mol. The minimum absolute atomic E-state index is 0.305. The van der Waals surface area contributed by atoms with Crippen LogP contribution in [0.25, 0.3) is 11.1 Å². The Bertz CT molecular complexity index is 1080. The maximum Gasteiger partial charge on any atom is 0.435 e. The van der Waals surface area contributed by atoms with Crippen LogP contribution in [0.4, 0.5) is 23.2 Å². The van der Waals surface area contributed by atoms with Crippen molar-refractivity contribution >= 4 is 34.8 Å². The van der Waals surface area contributed by atoms with Crippen LogP contribution in [0.15, 0.2) is 42.5 Å². The van der Waals surface area contributed by atoms with Gasteiger partial charge in [0.1, 0.15) is 0 Å². The number of nitrogens with zero attached hydrogens (tertiary/aromatic N) is 2. The molecule has 0 bridgehead atoms. The van der Waals surface area contributed by atoms with Crippen molar-refractivity contribution in [3.8, 4) is 11.1 Å². The fourth-order valence-corrected chi connectivity index (χ4v) is 3.33. The Morgan fingerprint density at radius 2 is 1.83 bits per heavy atom. The molecule has 152 valence electrons. The van der Waals surface area contributed by atoms with Crippen LogP contribution in [0.3, 0.4) is 0 Å². The van der Waals surface area contributed by atoms with Gasteiger partial charge in [0.15, 0.2) is 5.69 Å². The number of hydrogen-bond acceptors (Lipinski definition) is 2. The van der Waals surface area contributed by atoms with Crippen LogP contribution in [-0.2, 0) is 24.4 Å². The second-order valence-electron chi connectivity index (χ2n) is 6.13. The normalized spacial score (nSPS) is 11.6. The zero-order valence-electron chi connectivity index (χ0n) is 14.8. The summed E-state index contributed by atoms with van der Waals surface area (Å²) in [6, 6.07) is 11.4. The van der Waals surface area contributed by atoms with E-state index in [9.17, 15) is 22.4 Å². The van der Waals surface area contributed by atoms with E-state index in [4.69, 9.17) is 23.2 Å². The maximum absolute atomic E-state index is 14.1. The number of halogens is 6. The molecule has 29 heavy (non-hydrogen) atoms. The van der Waals surface area contributed by atoms with E-state index >= 15 is 0 Å². The third-order valence-electron chi connectivity index (χ3n) is 4.10. The largest absolute Gasteiger partial charge is 0.435 e. The van der Waals surface area contributed by atoms with Gasteiger partial charge in [0.2, 0.25) is 11.9 Å². The average Bonchev–Trinajstić information content (AvgIpc) is 2.91. The fraction of sp³-hybridized carbons (Fsp3) is 0.158. The molecule has 4 nitrogen and oxygen atoms in total. The molecule has 1 amide bonds. The van der Waals surface area contributed by atoms with Crippen LogP contribution in [0.5, 0.6) is 0 Å². The Balaban J connectivity index is 1.90. The SMILES string of the molecule is Cn1nc(C(F)(F)F)c(CC(=O)Nc2ccccc2-c2ccc(Cl)cc2Cl)c1F. The summed E-state index contributed by atoms with van der Waals surface area (Å²) in [5.74, 6) is -2.05. The Morgan fingerprint density at radius 3 is 2.48 bits per heavy atom. The minimum atomic E-state index is -4.88. The molecule has 1 N–H and O–H groups in total. The predicted molar refractivity (Wildman–Crippen MR) is 102 cm³/mol. The highest BCUT2D eigenvalue weighted by Gasteiger charge is 2.39. The van der Waals surface area contributed by atoms with Gasteiger partial charge in [-0.1, -0.05) is 47.5 Å². The summed E-state index contributed by atoms with van der Waals surface area (Å²) < 4.78 is 53.8. The van der Waals surface area contributed by atoms with Gasteiger partial charge in [-0.2, -0.15) is 22.7 Å². The van der Waals surface area contributed by atoms with Crippen molar-refractivity contribution in [2.75, 3.05) is 5.32 Å². The van der Waals surface area contributed by atoms with Gasteiger partial charge >= 0.3 is 6.18 Å². The fourth-order valence-electron chi connectivity index (χ4n) is 2.82. The van der Waals surface area contributed by atoms with Gasteiger partial charge in [-0.25, -0.2) is 4.68 Å². The average molecular weight is 446 g/mol. The molecule has 0 saturated carbocycles. The van der Waals surface area contributed by atoms with E-state index in [1.165, 1.54) is 6.07 Å². The van der Waals surface area contributed by atoms with Crippen molar-refractivity contribution in [1.29, 1.82) is 0 Å². The van der Waals surface area contributed by atoms with Crippen LogP contribution < -0.4 is 5.32 Å². The Labute approximate surface area is 173 Å². The van der Waals surface area contributed by atoms with Gasteiger partial charge in [-0.15, -0.1) is 0 Å². The molecule has 0 saturated heterocycles. The van der Waals surface area contributed by atoms with Crippen molar-refractivity contribution in [1.82, 2.24) is 9.78 Å². The van der Waals surface area contributed by atoms with Gasteiger partial charge < -0.3 is 5.32 Å². The molecule has 0 aliphatic carbocycles. The van der Waals surface area contributed by atoms with Crippen molar-refractivity contribution in [2.45, 2.75) is 12.6 Å². The van der Waals surface area contributed by atoms with Crippen molar-refractivity contribution in [3.05, 3.63) is 69.7 Å². The van der Waals surface area contributed by atoms with Crippen LogP contribution in [0.2, 0.25) is 10.0 Å². The van der Waals surface area contributed by atoms with Gasteiger partial charge in [0, 0.05) is 39.5 Å². The molecule has 2 aromatic carbocycles. The zero-order chi connectivity index (χ0) is 21.3. The van der Waals surface area contributed by atoms with Gasteiger partial charge in [-0.3, -0.25) is 4.79 Å². The summed E-state index contributed by atoms with van der Waals surface area (Å²) >= 11 is 12.1. The van der Waals surface area contributed by atoms with Gasteiger partial charge in [0.05, 0.1) is 6.42 Å². The van der Waals surface area contributed by atoms with E-state index in [2.05, 4.69) is 10.4 Å². The number of carbonyl (C=O) groups is 1. The highest BCUT2D eigenvalue weighted by Crippen LogP contribution is 2.35. The molecule has 1 heterocycles. The van der Waals surface area contributed by atoms with Crippen LogP contribution in [0.1, 0.15) is 11.3 Å². The van der Waals surface area contributed by atoms with Crippen molar-refractivity contribution < 1.29 is 22.4 Å². The second kappa shape index (κ2) is 8.04. The van der Waals surface area contributed by atoms with E-state index < -0.39 is 35.7 Å². The van der Waals surface area contributed by atoms with E-state index in [-0.39, 0.29) is 0 Å². The lowest BCUT2D eigenvalue weighted by Crippen LogP contribution is -2.18. The van der Waals surface area contributed by atoms with Gasteiger partial charge in [-0.05, 0) is 18.2 Å². The zero-order valence-corrected chi connectivity index (χ0v) is 16.3. The molecule has 0 aliphatic rings. The van der Waals surface area contributed by atoms with E-state index in [1.54, 1.807) is 36.4 Å². The summed E-state index contributed by atoms with van der Waals surface area (Å²) in [7, 11) is 1.03. The minimum Gasteiger partial charge on any atom is -0.325 e. The summed E-state index contributed by atoms with van der Waals surface area (Å²) in [6.45, 7) is 0. The van der Waals surface area contributed by atoms with Crippen molar-refractivity contribution in [2.24, 2.45) is 7.05 Å². The molecule has 0 atom stereocenters. The van der Waals surface area contributed by atoms with E-state index in [1.807, 2.05) is 0 Å².